The Kier molecular flexibility index (Phi) is 8.23. The van der Waals surface area contributed by atoms with E-state index in [0.717, 1.165) is 73.5 Å². The topological polar surface area (TPSA) is 91.7 Å². The molecule has 8 nitrogen and oxygen atoms in total. The van der Waals surface area contributed by atoms with Crippen LogP contribution in [0.5, 0.6) is 5.75 Å². The summed E-state index contributed by atoms with van der Waals surface area (Å²) in [5, 5.41) is 18.2. The summed E-state index contributed by atoms with van der Waals surface area (Å²) in [5.74, 6) is 0.767. The number of carbonyl (C=O) groups excluding carboxylic acids is 1. The van der Waals surface area contributed by atoms with Crippen LogP contribution in [0, 0.1) is 6.92 Å². The lowest BCUT2D eigenvalue weighted by Crippen LogP contribution is -2.54. The summed E-state index contributed by atoms with van der Waals surface area (Å²) in [5.41, 5.74) is 3.46. The van der Waals surface area contributed by atoms with Crippen molar-refractivity contribution < 1.29 is 14.6 Å². The van der Waals surface area contributed by atoms with Crippen LogP contribution in [0.15, 0.2) is 54.9 Å². The number of ether oxygens (including phenoxy) is 1. The summed E-state index contributed by atoms with van der Waals surface area (Å²) < 4.78 is 7.60. The van der Waals surface area contributed by atoms with Crippen LogP contribution in [-0.4, -0.2) is 70.4 Å². The normalized spacial score (nSPS) is 23.4. The Bertz CT molecular complexity index is 1270. The molecule has 3 atom stereocenters. The van der Waals surface area contributed by atoms with E-state index in [1.807, 2.05) is 61.2 Å². The summed E-state index contributed by atoms with van der Waals surface area (Å²) in [4.78, 5) is 20.8. The van der Waals surface area contributed by atoms with Crippen LogP contribution in [-0.2, 0) is 0 Å². The molecule has 5 rings (SSSR count). The Balaban J connectivity index is 1.39. The maximum absolute atomic E-state index is 14.2. The van der Waals surface area contributed by atoms with Crippen LogP contribution < -0.4 is 15.4 Å². The number of aromatic nitrogens is 2. The van der Waals surface area contributed by atoms with Gasteiger partial charge >= 0.3 is 0 Å². The van der Waals surface area contributed by atoms with Gasteiger partial charge in [-0.2, -0.15) is 0 Å². The molecule has 2 heterocycles. The van der Waals surface area contributed by atoms with E-state index in [1.54, 1.807) is 13.4 Å². The number of amides is 1. The molecule has 3 N–H and O–H groups in total. The van der Waals surface area contributed by atoms with Gasteiger partial charge < -0.3 is 29.9 Å². The zero-order chi connectivity index (χ0) is 27.4. The van der Waals surface area contributed by atoms with E-state index >= 15 is 0 Å². The molecule has 0 radical (unpaired) electrons. The number of aliphatic hydroxyl groups is 1. The van der Waals surface area contributed by atoms with Gasteiger partial charge in [0, 0.05) is 37.8 Å². The Morgan fingerprint density at radius 2 is 2.05 bits per heavy atom. The van der Waals surface area contributed by atoms with Gasteiger partial charge in [0.15, 0.2) is 5.69 Å². The van der Waals surface area contributed by atoms with Gasteiger partial charge in [-0.25, -0.2) is 4.98 Å². The quantitative estimate of drug-likeness (QED) is 0.392. The zero-order valence-electron chi connectivity index (χ0n) is 23.3. The smallest absolute Gasteiger partial charge is 0.275 e. The molecule has 1 saturated carbocycles. The first kappa shape index (κ1) is 27.2. The predicted molar refractivity (Wildman–Crippen MR) is 154 cm³/mol. The molecule has 1 aliphatic heterocycles. The molecule has 8 heteroatoms. The summed E-state index contributed by atoms with van der Waals surface area (Å²) >= 11 is 0. The van der Waals surface area contributed by atoms with Gasteiger partial charge in [0.1, 0.15) is 5.75 Å². The van der Waals surface area contributed by atoms with Crippen LogP contribution in [0.3, 0.4) is 0 Å². The van der Waals surface area contributed by atoms with E-state index < -0.39 is 5.60 Å². The summed E-state index contributed by atoms with van der Waals surface area (Å²) in [6.45, 7) is 6.77. The minimum Gasteiger partial charge on any atom is -0.495 e. The lowest BCUT2D eigenvalue weighted by Gasteiger charge is -2.39. The molecule has 0 unspecified atom stereocenters. The SMILES string of the molecule is COc1cc(C)ccc1NCC[C@@H]1CNCCN1C(=O)c1ncn([C@@H]2CCCC[C@]2(C)O)c1-c1ccccc1. The van der Waals surface area contributed by atoms with E-state index in [1.165, 1.54) is 0 Å². The van der Waals surface area contributed by atoms with Crippen molar-refractivity contribution in [3.8, 4) is 17.0 Å². The molecule has 1 saturated heterocycles. The Morgan fingerprint density at radius 1 is 1.23 bits per heavy atom. The Labute approximate surface area is 231 Å². The molecule has 2 fully saturated rings. The zero-order valence-corrected chi connectivity index (χ0v) is 23.3. The van der Waals surface area contributed by atoms with Gasteiger partial charge in [-0.05, 0) is 50.8 Å². The van der Waals surface area contributed by atoms with Gasteiger partial charge in [-0.3, -0.25) is 4.79 Å². The van der Waals surface area contributed by atoms with Gasteiger partial charge in [0.25, 0.3) is 5.91 Å². The number of anilines is 1. The van der Waals surface area contributed by atoms with Crippen molar-refractivity contribution in [1.82, 2.24) is 19.8 Å². The first-order chi connectivity index (χ1) is 18.9. The third-order valence-electron chi connectivity index (χ3n) is 8.27. The molecule has 1 aliphatic carbocycles. The molecule has 3 aromatic rings. The fraction of sp³-hybridized carbons (Fsp3) is 0.484. The highest BCUT2D eigenvalue weighted by Crippen LogP contribution is 2.40. The van der Waals surface area contributed by atoms with Crippen LogP contribution in [0.4, 0.5) is 5.69 Å². The molecule has 208 valence electrons. The number of piperazine rings is 1. The molecular weight excluding hydrogens is 490 g/mol. The van der Waals surface area contributed by atoms with E-state index in [9.17, 15) is 9.90 Å². The molecule has 1 amide bonds. The highest BCUT2D eigenvalue weighted by molar-refractivity contribution is 5.98. The van der Waals surface area contributed by atoms with E-state index in [4.69, 9.17) is 9.72 Å². The first-order valence-corrected chi connectivity index (χ1v) is 14.1. The molecular formula is C31H41N5O3. The maximum Gasteiger partial charge on any atom is 0.275 e. The molecule has 1 aromatic heterocycles. The van der Waals surface area contributed by atoms with E-state index in [2.05, 4.69) is 21.3 Å². The second-order valence-electron chi connectivity index (χ2n) is 11.1. The molecule has 39 heavy (non-hydrogen) atoms. The van der Waals surface area contributed by atoms with Crippen molar-refractivity contribution in [2.75, 3.05) is 38.6 Å². The number of rotatable bonds is 8. The predicted octanol–water partition coefficient (Wildman–Crippen LogP) is 4.65. The van der Waals surface area contributed by atoms with Crippen LogP contribution in [0.25, 0.3) is 11.3 Å². The number of hydrogen-bond acceptors (Lipinski definition) is 6. The minimum atomic E-state index is -0.844. The largest absolute Gasteiger partial charge is 0.495 e. The summed E-state index contributed by atoms with van der Waals surface area (Å²) in [6.07, 6.45) is 6.22. The number of nitrogens with one attached hydrogen (secondary N) is 2. The number of aryl methyl sites for hydroxylation is 1. The van der Waals surface area contributed by atoms with Crippen LogP contribution >= 0.6 is 0 Å². The molecule has 0 bridgehead atoms. The van der Waals surface area contributed by atoms with Crippen molar-refractivity contribution in [3.05, 3.63) is 66.1 Å². The lowest BCUT2D eigenvalue weighted by atomic mass is 9.81. The van der Waals surface area contributed by atoms with Crippen molar-refractivity contribution in [3.63, 3.8) is 0 Å². The van der Waals surface area contributed by atoms with Gasteiger partial charge in [-0.1, -0.05) is 49.2 Å². The van der Waals surface area contributed by atoms with Gasteiger partial charge in [0.05, 0.1) is 36.5 Å². The second kappa shape index (κ2) is 11.8. The monoisotopic (exact) mass is 531 g/mol. The number of hydrogen-bond donors (Lipinski definition) is 3. The number of carbonyl (C=O) groups is 1. The number of imidazole rings is 1. The fourth-order valence-electron chi connectivity index (χ4n) is 6.11. The fourth-order valence-corrected chi connectivity index (χ4v) is 6.11. The Morgan fingerprint density at radius 3 is 2.82 bits per heavy atom. The van der Waals surface area contributed by atoms with Gasteiger partial charge in [-0.15, -0.1) is 0 Å². The van der Waals surface area contributed by atoms with Crippen LogP contribution in [0.2, 0.25) is 0 Å². The molecule has 0 spiro atoms. The van der Waals surface area contributed by atoms with Crippen molar-refractivity contribution >= 4 is 11.6 Å². The third-order valence-corrected chi connectivity index (χ3v) is 8.27. The summed E-state index contributed by atoms with van der Waals surface area (Å²) in [7, 11) is 1.68. The number of methoxy groups -OCH3 is 1. The van der Waals surface area contributed by atoms with Crippen molar-refractivity contribution in [1.29, 1.82) is 0 Å². The Hall–Kier alpha value is -3.36. The van der Waals surface area contributed by atoms with Gasteiger partial charge in [0.2, 0.25) is 0 Å². The van der Waals surface area contributed by atoms with E-state index in [-0.39, 0.29) is 18.0 Å². The first-order valence-electron chi connectivity index (χ1n) is 14.1. The minimum absolute atomic E-state index is 0.0294. The average Bonchev–Trinajstić information content (AvgIpc) is 3.38. The lowest BCUT2D eigenvalue weighted by molar-refractivity contribution is -0.0243. The second-order valence-corrected chi connectivity index (χ2v) is 11.1. The highest BCUT2D eigenvalue weighted by atomic mass is 16.5. The maximum atomic E-state index is 14.2. The summed E-state index contributed by atoms with van der Waals surface area (Å²) in [6, 6.07) is 16.0. The third kappa shape index (κ3) is 5.82. The standard InChI is InChI=1S/C31H41N5O3/c1-22-12-13-25(26(19-22)39-3)33-16-14-24-20-32-17-18-35(24)30(37)28-29(23-9-5-4-6-10-23)36(21-34-28)27-11-7-8-15-31(27,2)38/h4-6,9-10,12-13,19,21,24,27,32-33,38H,7-8,11,14-18,20H2,1-3H3/t24-,27-,31+/m1/s1. The number of nitrogens with zero attached hydrogens (tertiary/aromatic N) is 3. The van der Waals surface area contributed by atoms with Crippen molar-refractivity contribution in [2.24, 2.45) is 0 Å². The average molecular weight is 532 g/mol. The number of benzene rings is 2. The highest BCUT2D eigenvalue weighted by Gasteiger charge is 2.39. The molecule has 2 aliphatic rings. The molecule has 2 aromatic carbocycles. The van der Waals surface area contributed by atoms with Crippen molar-refractivity contribution in [2.45, 2.75) is 63.6 Å². The van der Waals surface area contributed by atoms with Crippen LogP contribution in [0.1, 0.15) is 61.1 Å². The van der Waals surface area contributed by atoms with E-state index in [0.29, 0.717) is 18.8 Å².